The van der Waals surface area contributed by atoms with Crippen molar-refractivity contribution in [2.75, 3.05) is 29.9 Å². The van der Waals surface area contributed by atoms with Crippen LogP contribution in [0.1, 0.15) is 55.0 Å². The SMILES string of the molecule is CC(C)c1cc(N2C[C@H]3C[C@H]2c2ccccc23)nc(NCCO)n1. The van der Waals surface area contributed by atoms with Gasteiger partial charge in [0.15, 0.2) is 0 Å². The van der Waals surface area contributed by atoms with E-state index in [0.29, 0.717) is 30.4 Å². The minimum atomic E-state index is 0.0758. The van der Waals surface area contributed by atoms with Crippen LogP contribution in [0.25, 0.3) is 0 Å². The molecule has 0 radical (unpaired) electrons. The molecule has 24 heavy (non-hydrogen) atoms. The van der Waals surface area contributed by atoms with Crippen LogP contribution in [0.3, 0.4) is 0 Å². The molecule has 0 spiro atoms. The molecule has 1 aliphatic carbocycles. The van der Waals surface area contributed by atoms with E-state index in [1.165, 1.54) is 17.5 Å². The van der Waals surface area contributed by atoms with Crippen molar-refractivity contribution in [3.63, 3.8) is 0 Å². The van der Waals surface area contributed by atoms with Gasteiger partial charge in [0.2, 0.25) is 5.95 Å². The molecule has 2 atom stereocenters. The van der Waals surface area contributed by atoms with Crippen molar-refractivity contribution in [3.8, 4) is 0 Å². The van der Waals surface area contributed by atoms with Crippen molar-refractivity contribution in [3.05, 3.63) is 47.2 Å². The van der Waals surface area contributed by atoms with Gasteiger partial charge in [-0.1, -0.05) is 38.1 Å². The van der Waals surface area contributed by atoms with Crippen LogP contribution in [0, 0.1) is 0 Å². The van der Waals surface area contributed by atoms with Gasteiger partial charge in [0.1, 0.15) is 5.82 Å². The third-order valence-electron chi connectivity index (χ3n) is 5.11. The lowest BCUT2D eigenvalue weighted by Crippen LogP contribution is -2.28. The molecule has 0 amide bonds. The number of anilines is 2. The smallest absolute Gasteiger partial charge is 0.224 e. The van der Waals surface area contributed by atoms with E-state index in [9.17, 15) is 0 Å². The van der Waals surface area contributed by atoms with E-state index in [0.717, 1.165) is 18.1 Å². The molecule has 1 saturated heterocycles. The van der Waals surface area contributed by atoms with Crippen LogP contribution in [-0.2, 0) is 0 Å². The van der Waals surface area contributed by atoms with Gasteiger partial charge in [-0.25, -0.2) is 4.98 Å². The summed E-state index contributed by atoms with van der Waals surface area (Å²) in [5.74, 6) is 2.56. The molecule has 126 valence electrons. The average molecular weight is 324 g/mol. The molecule has 0 unspecified atom stereocenters. The van der Waals surface area contributed by atoms with Crippen LogP contribution in [0.5, 0.6) is 0 Å². The Morgan fingerprint density at radius 1 is 1.25 bits per heavy atom. The van der Waals surface area contributed by atoms with Crippen molar-refractivity contribution < 1.29 is 5.11 Å². The Morgan fingerprint density at radius 3 is 2.79 bits per heavy atom. The lowest BCUT2D eigenvalue weighted by molar-refractivity contribution is 0.311. The quantitative estimate of drug-likeness (QED) is 0.885. The van der Waals surface area contributed by atoms with Crippen LogP contribution >= 0.6 is 0 Å². The second-order valence-electron chi connectivity index (χ2n) is 7.01. The molecule has 2 bridgehead atoms. The summed E-state index contributed by atoms with van der Waals surface area (Å²) in [6.45, 7) is 5.86. The topological polar surface area (TPSA) is 61.3 Å². The number of benzene rings is 1. The first-order valence-corrected chi connectivity index (χ1v) is 8.76. The lowest BCUT2D eigenvalue weighted by Gasteiger charge is -2.30. The molecule has 2 aromatic rings. The number of aliphatic hydroxyl groups is 1. The second-order valence-corrected chi connectivity index (χ2v) is 7.01. The Kier molecular flexibility index (Phi) is 3.88. The highest BCUT2D eigenvalue weighted by atomic mass is 16.3. The molecule has 5 heteroatoms. The van der Waals surface area contributed by atoms with E-state index in [1.54, 1.807) is 0 Å². The largest absolute Gasteiger partial charge is 0.395 e. The Hall–Kier alpha value is -2.14. The highest BCUT2D eigenvalue weighted by molar-refractivity contribution is 5.55. The molecule has 5 nitrogen and oxygen atoms in total. The fourth-order valence-electron chi connectivity index (χ4n) is 3.94. The zero-order valence-corrected chi connectivity index (χ0v) is 14.2. The van der Waals surface area contributed by atoms with Crippen LogP contribution in [0.4, 0.5) is 11.8 Å². The predicted octanol–water partition coefficient (Wildman–Crippen LogP) is 3.05. The molecular weight excluding hydrogens is 300 g/mol. The predicted molar refractivity (Wildman–Crippen MR) is 95.6 cm³/mol. The lowest BCUT2D eigenvalue weighted by atomic mass is 9.99. The van der Waals surface area contributed by atoms with Crippen molar-refractivity contribution in [1.82, 2.24) is 9.97 Å². The molecule has 2 N–H and O–H groups in total. The van der Waals surface area contributed by atoms with E-state index in [4.69, 9.17) is 10.1 Å². The third kappa shape index (κ3) is 2.53. The highest BCUT2D eigenvalue weighted by Gasteiger charge is 2.42. The maximum absolute atomic E-state index is 9.05. The average Bonchev–Trinajstić information content (AvgIpc) is 3.19. The summed E-state index contributed by atoms with van der Waals surface area (Å²) in [7, 11) is 0. The summed E-state index contributed by atoms with van der Waals surface area (Å²) in [5, 5.41) is 12.2. The number of nitrogens with zero attached hydrogens (tertiary/aromatic N) is 3. The summed E-state index contributed by atoms with van der Waals surface area (Å²) >= 11 is 0. The Morgan fingerprint density at radius 2 is 2.04 bits per heavy atom. The molecule has 0 saturated carbocycles. The van der Waals surface area contributed by atoms with Gasteiger partial charge in [0.05, 0.1) is 18.3 Å². The second kappa shape index (κ2) is 6.06. The summed E-state index contributed by atoms with van der Waals surface area (Å²) < 4.78 is 0. The number of aliphatic hydroxyl groups excluding tert-OH is 1. The van der Waals surface area contributed by atoms with Gasteiger partial charge in [-0.2, -0.15) is 4.98 Å². The van der Waals surface area contributed by atoms with Crippen LogP contribution < -0.4 is 10.2 Å². The fraction of sp³-hybridized carbons (Fsp3) is 0.474. The van der Waals surface area contributed by atoms with Gasteiger partial charge in [0.25, 0.3) is 0 Å². The van der Waals surface area contributed by atoms with Gasteiger partial charge < -0.3 is 15.3 Å². The van der Waals surface area contributed by atoms with E-state index < -0.39 is 0 Å². The standard InChI is InChI=1S/C19H24N4O/c1-12(2)16-10-18(22-19(21-16)20-7-8-24)23-11-13-9-17(23)15-6-4-3-5-14(13)15/h3-6,10,12-13,17,24H,7-9,11H2,1-2H3,(H,20,21,22)/t13-,17+/m1/s1. The maximum Gasteiger partial charge on any atom is 0.224 e. The van der Waals surface area contributed by atoms with Crippen LogP contribution in [0.2, 0.25) is 0 Å². The normalized spacial score (nSPS) is 21.4. The summed E-state index contributed by atoms with van der Waals surface area (Å²) in [6, 6.07) is 11.3. The number of hydrogen-bond acceptors (Lipinski definition) is 5. The Balaban J connectivity index is 1.68. The van der Waals surface area contributed by atoms with E-state index in [1.807, 2.05) is 0 Å². The number of hydrogen-bond donors (Lipinski definition) is 2. The summed E-state index contributed by atoms with van der Waals surface area (Å²) in [5.41, 5.74) is 4.00. The number of aromatic nitrogens is 2. The van der Waals surface area contributed by atoms with Crippen LogP contribution in [0.15, 0.2) is 30.3 Å². The third-order valence-corrected chi connectivity index (χ3v) is 5.11. The monoisotopic (exact) mass is 324 g/mol. The molecule has 1 aromatic carbocycles. The first-order chi connectivity index (χ1) is 11.7. The maximum atomic E-state index is 9.05. The van der Waals surface area contributed by atoms with Gasteiger partial charge in [-0.3, -0.25) is 0 Å². The van der Waals surface area contributed by atoms with Crippen molar-refractivity contribution in [2.24, 2.45) is 0 Å². The highest BCUT2D eigenvalue weighted by Crippen LogP contribution is 2.51. The zero-order chi connectivity index (χ0) is 16.7. The van der Waals surface area contributed by atoms with Gasteiger partial charge in [0, 0.05) is 25.1 Å². The molecule has 4 rings (SSSR count). The van der Waals surface area contributed by atoms with Crippen molar-refractivity contribution >= 4 is 11.8 Å². The molecule has 1 aliphatic heterocycles. The fourth-order valence-corrected chi connectivity index (χ4v) is 3.94. The van der Waals surface area contributed by atoms with Gasteiger partial charge in [-0.15, -0.1) is 0 Å². The Labute approximate surface area is 142 Å². The first-order valence-electron chi connectivity index (χ1n) is 8.76. The molecule has 2 heterocycles. The van der Waals surface area contributed by atoms with Crippen LogP contribution in [-0.4, -0.2) is 34.8 Å². The Bertz CT molecular complexity index is 746. The van der Waals surface area contributed by atoms with E-state index in [-0.39, 0.29) is 6.61 Å². The first kappa shape index (κ1) is 15.4. The number of fused-ring (bicyclic) bond motifs is 5. The van der Waals surface area contributed by atoms with E-state index in [2.05, 4.69) is 59.4 Å². The van der Waals surface area contributed by atoms with E-state index >= 15 is 0 Å². The van der Waals surface area contributed by atoms with Gasteiger partial charge in [-0.05, 0) is 23.5 Å². The molecule has 1 aromatic heterocycles. The summed E-state index contributed by atoms with van der Waals surface area (Å²) in [6.07, 6.45) is 1.18. The summed E-state index contributed by atoms with van der Waals surface area (Å²) in [4.78, 5) is 11.7. The van der Waals surface area contributed by atoms with Crippen molar-refractivity contribution in [2.45, 2.75) is 38.1 Å². The zero-order valence-electron chi connectivity index (χ0n) is 14.2. The molecule has 1 fully saturated rings. The number of nitrogens with one attached hydrogen (secondary N) is 1. The molecular formula is C19H24N4O. The minimum absolute atomic E-state index is 0.0758. The minimum Gasteiger partial charge on any atom is -0.395 e. The number of rotatable bonds is 5. The van der Waals surface area contributed by atoms with Crippen molar-refractivity contribution in [1.29, 1.82) is 0 Å². The molecule has 2 aliphatic rings. The van der Waals surface area contributed by atoms with Gasteiger partial charge >= 0.3 is 0 Å².